The number of carbonyl (C=O) groups is 1. The molecule has 0 saturated heterocycles. The zero-order valence-electron chi connectivity index (χ0n) is 16.0. The van der Waals surface area contributed by atoms with Crippen LogP contribution in [-0.4, -0.2) is 20.8 Å². The lowest BCUT2D eigenvalue weighted by Crippen LogP contribution is -2.12. The number of anilines is 1. The Balaban J connectivity index is 1.53. The summed E-state index contributed by atoms with van der Waals surface area (Å²) in [5, 5.41) is 10.8. The Labute approximate surface area is 167 Å². The van der Waals surface area contributed by atoms with Crippen LogP contribution in [-0.2, 0) is 6.42 Å². The summed E-state index contributed by atoms with van der Waals surface area (Å²) in [6.07, 6.45) is 2.36. The van der Waals surface area contributed by atoms with Gasteiger partial charge in [0.05, 0.1) is 17.5 Å². The van der Waals surface area contributed by atoms with Gasteiger partial charge in [0, 0.05) is 11.6 Å². The number of hydrogen-bond donors (Lipinski definition) is 1. The normalized spacial score (nSPS) is 10.9. The molecule has 0 spiro atoms. The number of rotatable bonds is 5. The molecule has 4 rings (SSSR count). The lowest BCUT2D eigenvalue weighted by molar-refractivity contribution is 0.102. The second kappa shape index (κ2) is 7.71. The Morgan fingerprint density at radius 1 is 1.17 bits per heavy atom. The van der Waals surface area contributed by atoms with Crippen molar-refractivity contribution in [3.63, 3.8) is 0 Å². The van der Waals surface area contributed by atoms with Crippen LogP contribution in [0, 0.1) is 12.7 Å². The van der Waals surface area contributed by atoms with Crippen LogP contribution in [0.15, 0.2) is 65.3 Å². The number of amides is 1. The minimum Gasteiger partial charge on any atom is -0.338 e. The lowest BCUT2D eigenvalue weighted by atomic mass is 10.1. The summed E-state index contributed by atoms with van der Waals surface area (Å²) in [5.74, 6) is -0.601. The first-order valence-corrected chi connectivity index (χ1v) is 9.23. The molecule has 1 N–H and O–H groups in total. The standard InChI is InChI=1S/C22H19FN4O2/c1-3-15-8-10-16(11-9-15)19-12-21(29-26-19)25-22(28)17-13-24-27(14(17)2)20-7-5-4-6-18(20)23/h4-13H,3H2,1-2H3,(H,25,28). The van der Waals surface area contributed by atoms with Gasteiger partial charge in [-0.05, 0) is 31.0 Å². The van der Waals surface area contributed by atoms with Crippen molar-refractivity contribution in [2.75, 3.05) is 5.32 Å². The van der Waals surface area contributed by atoms with E-state index in [1.54, 1.807) is 31.2 Å². The van der Waals surface area contributed by atoms with Crippen molar-refractivity contribution in [1.82, 2.24) is 14.9 Å². The lowest BCUT2D eigenvalue weighted by Gasteiger charge is -2.06. The monoisotopic (exact) mass is 390 g/mol. The van der Waals surface area contributed by atoms with Crippen LogP contribution in [0.5, 0.6) is 0 Å². The van der Waals surface area contributed by atoms with Gasteiger partial charge in [-0.25, -0.2) is 9.07 Å². The SMILES string of the molecule is CCc1ccc(-c2cc(NC(=O)c3cnn(-c4ccccc4F)c3C)on2)cc1. The van der Waals surface area contributed by atoms with E-state index in [4.69, 9.17) is 4.52 Å². The van der Waals surface area contributed by atoms with E-state index in [9.17, 15) is 9.18 Å². The molecule has 2 aromatic carbocycles. The van der Waals surface area contributed by atoms with Crippen LogP contribution >= 0.6 is 0 Å². The molecular weight excluding hydrogens is 371 g/mol. The predicted molar refractivity (Wildman–Crippen MR) is 108 cm³/mol. The maximum Gasteiger partial charge on any atom is 0.261 e. The molecule has 0 aliphatic carbocycles. The summed E-state index contributed by atoms with van der Waals surface area (Å²) < 4.78 is 20.7. The van der Waals surface area contributed by atoms with Gasteiger partial charge in [0.25, 0.3) is 5.91 Å². The molecule has 2 aromatic heterocycles. The molecule has 2 heterocycles. The second-order valence-corrected chi connectivity index (χ2v) is 6.59. The number of benzene rings is 2. The number of aromatic nitrogens is 3. The third-order valence-electron chi connectivity index (χ3n) is 4.74. The molecule has 6 nitrogen and oxygen atoms in total. The van der Waals surface area contributed by atoms with E-state index in [1.165, 1.54) is 22.5 Å². The third kappa shape index (κ3) is 3.67. The van der Waals surface area contributed by atoms with E-state index >= 15 is 0 Å². The molecule has 7 heteroatoms. The molecule has 29 heavy (non-hydrogen) atoms. The van der Waals surface area contributed by atoms with Gasteiger partial charge in [0.1, 0.15) is 17.2 Å². The van der Waals surface area contributed by atoms with Gasteiger partial charge in [-0.1, -0.05) is 48.5 Å². The van der Waals surface area contributed by atoms with Crippen LogP contribution in [0.4, 0.5) is 10.3 Å². The maximum atomic E-state index is 14.0. The summed E-state index contributed by atoms with van der Waals surface area (Å²) in [6.45, 7) is 3.80. The highest BCUT2D eigenvalue weighted by molar-refractivity contribution is 6.04. The van der Waals surface area contributed by atoms with Gasteiger partial charge in [0.15, 0.2) is 0 Å². The van der Waals surface area contributed by atoms with Gasteiger partial charge in [-0.2, -0.15) is 5.10 Å². The number of halogens is 1. The highest BCUT2D eigenvalue weighted by atomic mass is 19.1. The van der Waals surface area contributed by atoms with Gasteiger partial charge >= 0.3 is 0 Å². The predicted octanol–water partition coefficient (Wildman–Crippen LogP) is 4.79. The molecule has 0 atom stereocenters. The summed E-state index contributed by atoms with van der Waals surface area (Å²) in [7, 11) is 0. The van der Waals surface area contributed by atoms with E-state index in [2.05, 4.69) is 22.5 Å². The number of carbonyl (C=O) groups excluding carboxylic acids is 1. The number of aryl methyl sites for hydroxylation is 1. The Hall–Kier alpha value is -3.74. The van der Waals surface area contributed by atoms with Crippen molar-refractivity contribution in [2.45, 2.75) is 20.3 Å². The number of nitrogens with zero attached hydrogens (tertiary/aromatic N) is 3. The molecular formula is C22H19FN4O2. The Morgan fingerprint density at radius 3 is 2.66 bits per heavy atom. The Bertz CT molecular complexity index is 1160. The quantitative estimate of drug-likeness (QED) is 0.532. The molecule has 0 aliphatic rings. The minimum atomic E-state index is -0.417. The molecule has 146 valence electrons. The average molecular weight is 390 g/mol. The highest BCUT2D eigenvalue weighted by Crippen LogP contribution is 2.23. The molecule has 0 aliphatic heterocycles. The zero-order chi connectivity index (χ0) is 20.4. The third-order valence-corrected chi connectivity index (χ3v) is 4.74. The van der Waals surface area contributed by atoms with Crippen LogP contribution in [0.3, 0.4) is 0 Å². The van der Waals surface area contributed by atoms with Crippen molar-refractivity contribution in [3.05, 3.63) is 83.4 Å². The van der Waals surface area contributed by atoms with E-state index in [-0.39, 0.29) is 11.6 Å². The Morgan fingerprint density at radius 2 is 1.93 bits per heavy atom. The van der Waals surface area contributed by atoms with Crippen molar-refractivity contribution >= 4 is 11.8 Å². The summed E-state index contributed by atoms with van der Waals surface area (Å²) in [6, 6.07) is 15.9. The number of para-hydroxylation sites is 1. The fourth-order valence-corrected chi connectivity index (χ4v) is 3.06. The molecule has 0 unspecified atom stereocenters. The summed E-state index contributed by atoms with van der Waals surface area (Å²) in [4.78, 5) is 12.6. The molecule has 1 amide bonds. The first-order chi connectivity index (χ1) is 14.1. The maximum absolute atomic E-state index is 14.0. The van der Waals surface area contributed by atoms with Crippen molar-refractivity contribution < 1.29 is 13.7 Å². The first-order valence-electron chi connectivity index (χ1n) is 9.23. The molecule has 0 fully saturated rings. The molecule has 0 saturated carbocycles. The highest BCUT2D eigenvalue weighted by Gasteiger charge is 2.18. The number of hydrogen-bond acceptors (Lipinski definition) is 4. The van der Waals surface area contributed by atoms with Crippen LogP contribution in [0.25, 0.3) is 16.9 Å². The zero-order valence-corrected chi connectivity index (χ0v) is 16.0. The fourth-order valence-electron chi connectivity index (χ4n) is 3.06. The number of nitrogens with one attached hydrogen (secondary N) is 1. The first kappa shape index (κ1) is 18.6. The molecule has 0 bridgehead atoms. The van der Waals surface area contributed by atoms with Crippen molar-refractivity contribution in [2.24, 2.45) is 0 Å². The topological polar surface area (TPSA) is 73.0 Å². The fraction of sp³-hybridized carbons (Fsp3) is 0.136. The van der Waals surface area contributed by atoms with Crippen LogP contribution < -0.4 is 5.32 Å². The van der Waals surface area contributed by atoms with Gasteiger partial charge < -0.3 is 4.52 Å². The average Bonchev–Trinajstić information content (AvgIpc) is 3.35. The van der Waals surface area contributed by atoms with E-state index in [1.807, 2.05) is 24.3 Å². The van der Waals surface area contributed by atoms with E-state index < -0.39 is 11.7 Å². The van der Waals surface area contributed by atoms with Gasteiger partial charge in [0.2, 0.25) is 5.88 Å². The van der Waals surface area contributed by atoms with Gasteiger partial charge in [-0.15, -0.1) is 0 Å². The van der Waals surface area contributed by atoms with E-state index in [0.717, 1.165) is 12.0 Å². The smallest absolute Gasteiger partial charge is 0.261 e. The van der Waals surface area contributed by atoms with Crippen LogP contribution in [0.2, 0.25) is 0 Å². The second-order valence-electron chi connectivity index (χ2n) is 6.59. The Kier molecular flexibility index (Phi) is 4.95. The summed E-state index contributed by atoms with van der Waals surface area (Å²) >= 11 is 0. The van der Waals surface area contributed by atoms with Gasteiger partial charge in [-0.3, -0.25) is 10.1 Å². The molecule has 0 radical (unpaired) electrons. The van der Waals surface area contributed by atoms with E-state index in [0.29, 0.717) is 17.0 Å². The summed E-state index contributed by atoms with van der Waals surface area (Å²) in [5.41, 5.74) is 3.87. The van der Waals surface area contributed by atoms with Crippen molar-refractivity contribution in [1.29, 1.82) is 0 Å². The molecule has 4 aromatic rings. The van der Waals surface area contributed by atoms with Crippen molar-refractivity contribution in [3.8, 4) is 16.9 Å². The largest absolute Gasteiger partial charge is 0.338 e. The van der Waals surface area contributed by atoms with Crippen LogP contribution in [0.1, 0.15) is 28.5 Å². The minimum absolute atomic E-state index is 0.225.